The summed E-state index contributed by atoms with van der Waals surface area (Å²) in [6, 6.07) is 13.6. The first-order chi connectivity index (χ1) is 13.9. The highest BCUT2D eigenvalue weighted by molar-refractivity contribution is 6.30. The van der Waals surface area contributed by atoms with Gasteiger partial charge in [-0.1, -0.05) is 42.8 Å². The van der Waals surface area contributed by atoms with Crippen molar-refractivity contribution in [2.45, 2.75) is 38.4 Å². The summed E-state index contributed by atoms with van der Waals surface area (Å²) < 4.78 is 11.3. The third-order valence-corrected chi connectivity index (χ3v) is 6.47. The average molecular weight is 413 g/mol. The van der Waals surface area contributed by atoms with Crippen molar-refractivity contribution in [2.75, 3.05) is 13.7 Å². The normalized spacial score (nSPS) is 26.3. The monoisotopic (exact) mass is 412 g/mol. The van der Waals surface area contributed by atoms with Crippen molar-refractivity contribution in [3.8, 4) is 11.1 Å². The van der Waals surface area contributed by atoms with Crippen LogP contribution in [0.5, 0.6) is 0 Å². The molecule has 2 aromatic rings. The molecule has 3 unspecified atom stereocenters. The van der Waals surface area contributed by atoms with Crippen LogP contribution in [0.3, 0.4) is 0 Å². The number of hydrogen-bond acceptors (Lipinski definition) is 4. The summed E-state index contributed by atoms with van der Waals surface area (Å²) in [6.45, 7) is 4.34. The molecule has 1 fully saturated rings. The molecule has 1 saturated heterocycles. The topological polar surface area (TPSA) is 55.8 Å². The quantitative estimate of drug-likeness (QED) is 0.730. The summed E-state index contributed by atoms with van der Waals surface area (Å²) in [4.78, 5) is 13.2. The lowest BCUT2D eigenvalue weighted by atomic mass is 9.84. The van der Waals surface area contributed by atoms with Crippen LogP contribution < -0.4 is 0 Å². The van der Waals surface area contributed by atoms with Crippen molar-refractivity contribution in [3.05, 3.63) is 64.4 Å². The standard InChI is InChI=1S/C24H25ClO4/c1-4-14-5-6-16(15-7-9-18(25)10-8-15)11-19(14)21-22(26)20-12-17(13-28-3)24(2,29-20)23(21)27/h5-11,17,20,27H,4,12-13H2,1-3H3. The van der Waals surface area contributed by atoms with Gasteiger partial charge < -0.3 is 14.6 Å². The Morgan fingerprint density at radius 2 is 1.90 bits per heavy atom. The van der Waals surface area contributed by atoms with Crippen LogP contribution in [0.25, 0.3) is 16.7 Å². The van der Waals surface area contributed by atoms with E-state index in [9.17, 15) is 9.90 Å². The number of aliphatic hydroxyl groups excluding tert-OH is 1. The third kappa shape index (κ3) is 3.29. The predicted octanol–water partition coefficient (Wildman–Crippen LogP) is 5.23. The lowest BCUT2D eigenvalue weighted by molar-refractivity contribution is -0.132. The summed E-state index contributed by atoms with van der Waals surface area (Å²) in [7, 11) is 1.62. The molecule has 3 atom stereocenters. The number of aryl methyl sites for hydroxylation is 1. The molecule has 0 aliphatic carbocycles. The number of Topliss-reactive ketones (excluding diaryl/α,β-unsaturated/α-hetero) is 1. The SMILES string of the molecule is CCc1ccc(-c2ccc(Cl)cc2)cc1C1=C(O)C2(C)OC(CC2COC)C1=O. The Bertz CT molecular complexity index is 979. The van der Waals surface area contributed by atoms with Crippen LogP contribution in [0.4, 0.5) is 0 Å². The van der Waals surface area contributed by atoms with Crippen LogP contribution in [0.1, 0.15) is 31.4 Å². The molecule has 0 spiro atoms. The highest BCUT2D eigenvalue weighted by Crippen LogP contribution is 2.49. The summed E-state index contributed by atoms with van der Waals surface area (Å²) in [6.07, 6.45) is 0.758. The number of halogens is 1. The van der Waals surface area contributed by atoms with Crippen LogP contribution in [0, 0.1) is 5.92 Å². The van der Waals surface area contributed by atoms with Gasteiger partial charge in [0.05, 0.1) is 12.2 Å². The number of benzene rings is 2. The fourth-order valence-electron chi connectivity index (χ4n) is 4.49. The second-order valence-corrected chi connectivity index (χ2v) is 8.36. The second kappa shape index (κ2) is 7.60. The Morgan fingerprint density at radius 3 is 2.55 bits per heavy atom. The number of methoxy groups -OCH3 is 1. The van der Waals surface area contributed by atoms with Crippen LogP contribution >= 0.6 is 11.6 Å². The largest absolute Gasteiger partial charge is 0.508 e. The minimum Gasteiger partial charge on any atom is -0.508 e. The van der Waals surface area contributed by atoms with Crippen molar-refractivity contribution >= 4 is 23.0 Å². The first-order valence-electron chi connectivity index (χ1n) is 9.93. The molecular weight excluding hydrogens is 388 g/mol. The minimum absolute atomic E-state index is 0.0151. The van der Waals surface area contributed by atoms with E-state index in [-0.39, 0.29) is 17.5 Å². The van der Waals surface area contributed by atoms with Gasteiger partial charge in [-0.2, -0.15) is 0 Å². The van der Waals surface area contributed by atoms with Crippen LogP contribution in [-0.2, 0) is 20.7 Å². The minimum atomic E-state index is -0.911. The molecule has 0 amide bonds. The number of ether oxygens (including phenoxy) is 2. The van der Waals surface area contributed by atoms with E-state index in [4.69, 9.17) is 21.1 Å². The van der Waals surface area contributed by atoms with Crippen molar-refractivity contribution in [3.63, 3.8) is 0 Å². The number of aliphatic hydroxyl groups is 1. The molecule has 5 heteroatoms. The van der Waals surface area contributed by atoms with Gasteiger partial charge in [0.25, 0.3) is 0 Å². The Morgan fingerprint density at radius 1 is 1.21 bits per heavy atom. The van der Waals surface area contributed by atoms with Crippen molar-refractivity contribution in [2.24, 2.45) is 5.92 Å². The molecule has 2 bridgehead atoms. The predicted molar refractivity (Wildman–Crippen MR) is 114 cm³/mol. The smallest absolute Gasteiger partial charge is 0.195 e. The average Bonchev–Trinajstić information content (AvgIpc) is 3.03. The molecule has 0 aromatic heterocycles. The molecule has 152 valence electrons. The molecule has 29 heavy (non-hydrogen) atoms. The molecular formula is C24H25ClO4. The van der Waals surface area contributed by atoms with Gasteiger partial charge in [0.1, 0.15) is 17.5 Å². The molecule has 2 heterocycles. The van der Waals surface area contributed by atoms with E-state index in [1.165, 1.54) is 0 Å². The first-order valence-corrected chi connectivity index (χ1v) is 10.3. The molecule has 4 rings (SSSR count). The Hall–Kier alpha value is -2.14. The van der Waals surface area contributed by atoms with Gasteiger partial charge in [0, 0.05) is 18.1 Å². The second-order valence-electron chi connectivity index (χ2n) is 7.92. The summed E-state index contributed by atoms with van der Waals surface area (Å²) in [5, 5.41) is 11.9. The Kier molecular flexibility index (Phi) is 5.28. The number of fused-ring (bicyclic) bond motifs is 2. The number of carbonyl (C=O) groups is 1. The zero-order valence-corrected chi connectivity index (χ0v) is 17.6. The highest BCUT2D eigenvalue weighted by Gasteiger charge is 2.56. The van der Waals surface area contributed by atoms with Gasteiger partial charge in [-0.15, -0.1) is 0 Å². The molecule has 2 aliphatic heterocycles. The maximum absolute atomic E-state index is 13.2. The van der Waals surface area contributed by atoms with Crippen LogP contribution in [0.2, 0.25) is 5.02 Å². The molecule has 0 radical (unpaired) electrons. The van der Waals surface area contributed by atoms with Gasteiger partial charge >= 0.3 is 0 Å². The van der Waals surface area contributed by atoms with Gasteiger partial charge in [-0.05, 0) is 60.2 Å². The van der Waals surface area contributed by atoms with E-state index < -0.39 is 11.7 Å². The van der Waals surface area contributed by atoms with Gasteiger partial charge in [0.15, 0.2) is 5.78 Å². The van der Waals surface area contributed by atoms with E-state index in [1.807, 2.05) is 56.3 Å². The van der Waals surface area contributed by atoms with Crippen LogP contribution in [-0.4, -0.2) is 36.3 Å². The number of hydrogen-bond donors (Lipinski definition) is 1. The number of carbonyl (C=O) groups excluding carboxylic acids is 1. The zero-order chi connectivity index (χ0) is 20.8. The Labute approximate surface area is 176 Å². The fraction of sp³-hybridized carbons (Fsp3) is 0.375. The maximum Gasteiger partial charge on any atom is 0.195 e. The first kappa shape index (κ1) is 20.1. The van der Waals surface area contributed by atoms with E-state index in [2.05, 4.69) is 0 Å². The lowest BCUT2D eigenvalue weighted by Crippen LogP contribution is -2.41. The number of rotatable bonds is 5. The molecule has 4 nitrogen and oxygen atoms in total. The van der Waals surface area contributed by atoms with Crippen molar-refractivity contribution < 1.29 is 19.4 Å². The van der Waals surface area contributed by atoms with Crippen molar-refractivity contribution in [1.29, 1.82) is 0 Å². The van der Waals surface area contributed by atoms with Gasteiger partial charge in [-0.25, -0.2) is 0 Å². The lowest BCUT2D eigenvalue weighted by Gasteiger charge is -2.34. The fourth-order valence-corrected chi connectivity index (χ4v) is 4.61. The van der Waals surface area contributed by atoms with E-state index >= 15 is 0 Å². The molecule has 1 N–H and O–H groups in total. The summed E-state index contributed by atoms with van der Waals surface area (Å²) >= 11 is 6.02. The molecule has 0 saturated carbocycles. The van der Waals surface area contributed by atoms with E-state index in [0.717, 1.165) is 28.7 Å². The van der Waals surface area contributed by atoms with Crippen LogP contribution in [0.15, 0.2) is 48.2 Å². The third-order valence-electron chi connectivity index (χ3n) is 6.22. The van der Waals surface area contributed by atoms with E-state index in [0.29, 0.717) is 23.6 Å². The Balaban J connectivity index is 1.86. The van der Waals surface area contributed by atoms with Crippen molar-refractivity contribution in [1.82, 2.24) is 0 Å². The summed E-state index contributed by atoms with van der Waals surface area (Å²) in [5.74, 6) is -0.203. The highest BCUT2D eigenvalue weighted by atomic mass is 35.5. The van der Waals surface area contributed by atoms with Gasteiger partial charge in [-0.3, -0.25) is 4.79 Å². The zero-order valence-electron chi connectivity index (χ0n) is 16.9. The number of ketones is 1. The maximum atomic E-state index is 13.2. The molecule has 2 aromatic carbocycles. The van der Waals surface area contributed by atoms with Gasteiger partial charge in [0.2, 0.25) is 0 Å². The summed E-state index contributed by atoms with van der Waals surface area (Å²) in [5.41, 5.74) is 3.25. The van der Waals surface area contributed by atoms with E-state index in [1.54, 1.807) is 7.11 Å². The molecule has 2 aliphatic rings.